The van der Waals surface area contributed by atoms with E-state index < -0.39 is 17.8 Å². The molecule has 0 radical (unpaired) electrons. The normalized spacial score (nSPS) is 11.7. The number of benzene rings is 2. The molecule has 0 heterocycles. The highest BCUT2D eigenvalue weighted by molar-refractivity contribution is 5.80. The summed E-state index contributed by atoms with van der Waals surface area (Å²) in [7, 11) is 1.51. The number of para-hydroxylation sites is 2. The molecule has 0 bridgehead atoms. The number of carboxylic acid groups (broad SMARTS) is 1. The van der Waals surface area contributed by atoms with E-state index in [9.17, 15) is 14.3 Å². The Morgan fingerprint density at radius 2 is 1.85 bits per heavy atom. The zero-order valence-corrected chi connectivity index (χ0v) is 10.8. The summed E-state index contributed by atoms with van der Waals surface area (Å²) in [6, 6.07) is 11.4. The van der Waals surface area contributed by atoms with Crippen LogP contribution in [0.2, 0.25) is 0 Å². The summed E-state index contributed by atoms with van der Waals surface area (Å²) < 4.78 is 18.1. The molecule has 2 aromatic rings. The largest absolute Gasteiger partial charge is 0.495 e. The van der Waals surface area contributed by atoms with Gasteiger partial charge in [0.25, 0.3) is 0 Å². The number of anilines is 1. The predicted octanol–water partition coefficient (Wildman–Crippen LogP) is 3.07. The molecule has 0 aliphatic carbocycles. The van der Waals surface area contributed by atoms with Crippen molar-refractivity contribution in [3.63, 3.8) is 0 Å². The number of nitrogens with one attached hydrogen (secondary N) is 1. The standard InChI is InChI=1S/C15H14FNO3/c1-20-13-5-3-2-4-12(13)17-14(15(18)19)10-6-8-11(16)9-7-10/h2-9,14,17H,1H3,(H,18,19). The summed E-state index contributed by atoms with van der Waals surface area (Å²) in [6.45, 7) is 0. The fraction of sp³-hybridized carbons (Fsp3) is 0.133. The Morgan fingerprint density at radius 3 is 2.45 bits per heavy atom. The first-order valence-corrected chi connectivity index (χ1v) is 5.99. The fourth-order valence-electron chi connectivity index (χ4n) is 1.86. The third kappa shape index (κ3) is 3.06. The highest BCUT2D eigenvalue weighted by Crippen LogP contribution is 2.28. The van der Waals surface area contributed by atoms with Crippen LogP contribution in [0.25, 0.3) is 0 Å². The number of hydrogen-bond donors (Lipinski definition) is 2. The lowest BCUT2D eigenvalue weighted by Crippen LogP contribution is -2.20. The molecule has 0 saturated carbocycles. The first kappa shape index (κ1) is 13.9. The molecule has 0 spiro atoms. The van der Waals surface area contributed by atoms with Crippen LogP contribution in [-0.2, 0) is 4.79 Å². The Morgan fingerprint density at radius 1 is 1.20 bits per heavy atom. The molecule has 0 saturated heterocycles. The molecule has 0 aliphatic rings. The van der Waals surface area contributed by atoms with Crippen molar-refractivity contribution in [3.8, 4) is 5.75 Å². The van der Waals surface area contributed by atoms with Crippen molar-refractivity contribution in [2.24, 2.45) is 0 Å². The Labute approximate surface area is 115 Å². The molecule has 0 aromatic heterocycles. The molecular formula is C15H14FNO3. The van der Waals surface area contributed by atoms with E-state index in [1.54, 1.807) is 24.3 Å². The fourth-order valence-corrected chi connectivity index (χ4v) is 1.86. The quantitative estimate of drug-likeness (QED) is 0.880. The third-order valence-corrected chi connectivity index (χ3v) is 2.86. The molecule has 4 nitrogen and oxygen atoms in total. The maximum atomic E-state index is 12.9. The molecule has 0 aliphatic heterocycles. The number of methoxy groups -OCH3 is 1. The smallest absolute Gasteiger partial charge is 0.330 e. The number of ether oxygens (including phenoxy) is 1. The summed E-state index contributed by atoms with van der Waals surface area (Å²) in [4.78, 5) is 11.4. The van der Waals surface area contributed by atoms with Crippen molar-refractivity contribution in [1.29, 1.82) is 0 Å². The van der Waals surface area contributed by atoms with Crippen molar-refractivity contribution >= 4 is 11.7 Å². The molecule has 2 rings (SSSR count). The van der Waals surface area contributed by atoms with Crippen molar-refractivity contribution in [1.82, 2.24) is 0 Å². The van der Waals surface area contributed by atoms with Crippen LogP contribution >= 0.6 is 0 Å². The first-order chi connectivity index (χ1) is 9.61. The van der Waals surface area contributed by atoms with Crippen molar-refractivity contribution < 1.29 is 19.0 Å². The second kappa shape index (κ2) is 6.06. The van der Waals surface area contributed by atoms with Gasteiger partial charge in [-0.1, -0.05) is 24.3 Å². The van der Waals surface area contributed by atoms with Crippen LogP contribution in [0.15, 0.2) is 48.5 Å². The molecular weight excluding hydrogens is 261 g/mol. The van der Waals surface area contributed by atoms with Crippen molar-refractivity contribution in [2.75, 3.05) is 12.4 Å². The van der Waals surface area contributed by atoms with Crippen LogP contribution in [0, 0.1) is 5.82 Å². The third-order valence-electron chi connectivity index (χ3n) is 2.86. The lowest BCUT2D eigenvalue weighted by atomic mass is 10.1. The highest BCUT2D eigenvalue weighted by Gasteiger charge is 2.20. The Balaban J connectivity index is 2.30. The number of aliphatic carboxylic acids is 1. The summed E-state index contributed by atoms with van der Waals surface area (Å²) >= 11 is 0. The van der Waals surface area contributed by atoms with Gasteiger partial charge in [-0.05, 0) is 29.8 Å². The minimum atomic E-state index is -1.05. The molecule has 20 heavy (non-hydrogen) atoms. The first-order valence-electron chi connectivity index (χ1n) is 5.99. The maximum Gasteiger partial charge on any atom is 0.330 e. The van der Waals surface area contributed by atoms with Gasteiger partial charge in [-0.15, -0.1) is 0 Å². The van der Waals surface area contributed by atoms with Crippen molar-refractivity contribution in [2.45, 2.75) is 6.04 Å². The van der Waals surface area contributed by atoms with Crippen LogP contribution < -0.4 is 10.1 Å². The van der Waals surface area contributed by atoms with E-state index in [4.69, 9.17) is 4.74 Å². The van der Waals surface area contributed by atoms with Gasteiger partial charge in [0.2, 0.25) is 0 Å². The molecule has 104 valence electrons. The van der Waals surface area contributed by atoms with Gasteiger partial charge < -0.3 is 15.2 Å². The maximum absolute atomic E-state index is 12.9. The number of carboxylic acids is 1. The molecule has 0 amide bonds. The lowest BCUT2D eigenvalue weighted by molar-refractivity contribution is -0.138. The molecule has 1 atom stereocenters. The zero-order chi connectivity index (χ0) is 14.5. The van der Waals surface area contributed by atoms with Crippen molar-refractivity contribution in [3.05, 3.63) is 59.9 Å². The second-order valence-corrected chi connectivity index (χ2v) is 4.17. The van der Waals surface area contributed by atoms with Gasteiger partial charge in [0, 0.05) is 0 Å². The average Bonchev–Trinajstić information content (AvgIpc) is 2.46. The number of rotatable bonds is 5. The Bertz CT molecular complexity index is 598. The number of halogens is 1. The summed E-state index contributed by atoms with van der Waals surface area (Å²) in [5.74, 6) is -0.918. The summed E-state index contributed by atoms with van der Waals surface area (Å²) in [5.41, 5.74) is 1.02. The van der Waals surface area contributed by atoms with E-state index in [0.29, 0.717) is 17.0 Å². The summed E-state index contributed by atoms with van der Waals surface area (Å²) in [6.07, 6.45) is 0. The molecule has 2 aromatic carbocycles. The molecule has 1 unspecified atom stereocenters. The Hall–Kier alpha value is -2.56. The highest BCUT2D eigenvalue weighted by atomic mass is 19.1. The van der Waals surface area contributed by atoms with E-state index in [1.165, 1.54) is 31.4 Å². The van der Waals surface area contributed by atoms with E-state index in [0.717, 1.165) is 0 Å². The van der Waals surface area contributed by atoms with Gasteiger partial charge in [0.1, 0.15) is 11.6 Å². The van der Waals surface area contributed by atoms with Crippen LogP contribution in [0.3, 0.4) is 0 Å². The minimum absolute atomic E-state index is 0.407. The Kier molecular flexibility index (Phi) is 4.20. The second-order valence-electron chi connectivity index (χ2n) is 4.17. The molecule has 0 fully saturated rings. The zero-order valence-electron chi connectivity index (χ0n) is 10.8. The van der Waals surface area contributed by atoms with Gasteiger partial charge in [0.05, 0.1) is 12.8 Å². The number of carbonyl (C=O) groups is 1. The van der Waals surface area contributed by atoms with Crippen LogP contribution in [0.5, 0.6) is 5.75 Å². The monoisotopic (exact) mass is 275 g/mol. The van der Waals surface area contributed by atoms with Gasteiger partial charge in [-0.25, -0.2) is 9.18 Å². The van der Waals surface area contributed by atoms with E-state index in [1.807, 2.05) is 0 Å². The average molecular weight is 275 g/mol. The van der Waals surface area contributed by atoms with E-state index in [2.05, 4.69) is 5.32 Å². The number of hydrogen-bond acceptors (Lipinski definition) is 3. The SMILES string of the molecule is COc1ccccc1NC(C(=O)O)c1ccc(F)cc1. The topological polar surface area (TPSA) is 58.6 Å². The van der Waals surface area contributed by atoms with Crippen LogP contribution in [-0.4, -0.2) is 18.2 Å². The van der Waals surface area contributed by atoms with Gasteiger partial charge in [-0.3, -0.25) is 0 Å². The van der Waals surface area contributed by atoms with Gasteiger partial charge >= 0.3 is 5.97 Å². The predicted molar refractivity (Wildman–Crippen MR) is 73.4 cm³/mol. The lowest BCUT2D eigenvalue weighted by Gasteiger charge is -2.18. The summed E-state index contributed by atoms with van der Waals surface area (Å²) in [5, 5.41) is 12.2. The van der Waals surface area contributed by atoms with Crippen LogP contribution in [0.1, 0.15) is 11.6 Å². The van der Waals surface area contributed by atoms with E-state index >= 15 is 0 Å². The van der Waals surface area contributed by atoms with E-state index in [-0.39, 0.29) is 0 Å². The molecule has 2 N–H and O–H groups in total. The van der Waals surface area contributed by atoms with Gasteiger partial charge in [-0.2, -0.15) is 0 Å². The molecule has 5 heteroatoms. The minimum Gasteiger partial charge on any atom is -0.495 e. The van der Waals surface area contributed by atoms with Gasteiger partial charge in [0.15, 0.2) is 6.04 Å². The van der Waals surface area contributed by atoms with Crippen LogP contribution in [0.4, 0.5) is 10.1 Å².